The predicted molar refractivity (Wildman–Crippen MR) is 97.5 cm³/mol. The van der Waals surface area contributed by atoms with E-state index in [1.165, 1.54) is 36.4 Å². The smallest absolute Gasteiger partial charge is 0.266 e. The third kappa shape index (κ3) is 4.92. The molecule has 0 spiro atoms. The first kappa shape index (κ1) is 20.6. The fraction of sp³-hybridized carbons (Fsp3) is 0.176. The molecule has 0 fully saturated rings. The van der Waals surface area contributed by atoms with Crippen LogP contribution in [0.15, 0.2) is 64.4 Å². The first-order valence-corrected chi connectivity index (χ1v) is 10.7. The van der Waals surface area contributed by atoms with E-state index in [2.05, 4.69) is 0 Å². The maximum Gasteiger partial charge on any atom is 0.266 e. The van der Waals surface area contributed by atoms with Crippen molar-refractivity contribution in [1.82, 2.24) is 9.03 Å². The van der Waals surface area contributed by atoms with Crippen molar-refractivity contribution in [3.05, 3.63) is 60.2 Å². The van der Waals surface area contributed by atoms with Gasteiger partial charge in [0.1, 0.15) is 6.42 Å². The monoisotopic (exact) mass is 410 g/mol. The average Bonchev–Trinajstić information content (AvgIpc) is 2.61. The van der Waals surface area contributed by atoms with Gasteiger partial charge in [-0.15, -0.1) is 0 Å². The molecular formula is C17H18N2O6S2. The number of sulfonamides is 2. The van der Waals surface area contributed by atoms with E-state index in [4.69, 9.17) is 0 Å². The Kier molecular flexibility index (Phi) is 6.01. The molecule has 0 atom stereocenters. The molecule has 0 aliphatic rings. The first-order chi connectivity index (χ1) is 12.5. The molecule has 8 nitrogen and oxygen atoms in total. The Morgan fingerprint density at radius 1 is 0.889 bits per heavy atom. The first-order valence-electron chi connectivity index (χ1n) is 7.73. The lowest BCUT2D eigenvalue weighted by Gasteiger charge is -2.17. The van der Waals surface area contributed by atoms with E-state index >= 15 is 0 Å². The van der Waals surface area contributed by atoms with E-state index in [1.807, 2.05) is 0 Å². The van der Waals surface area contributed by atoms with Gasteiger partial charge in [-0.05, 0) is 31.2 Å². The molecule has 2 aromatic rings. The van der Waals surface area contributed by atoms with E-state index in [0.717, 1.165) is 12.6 Å². The third-order valence-corrected chi connectivity index (χ3v) is 6.83. The molecule has 0 aliphatic carbocycles. The van der Waals surface area contributed by atoms with Crippen molar-refractivity contribution in [2.45, 2.75) is 23.1 Å². The minimum absolute atomic E-state index is 0.110. The molecule has 0 saturated heterocycles. The molecule has 0 radical (unpaired) electrons. The summed E-state index contributed by atoms with van der Waals surface area (Å²) in [5.74, 6) is -2.19. The SMILES string of the molecule is Cc1ccc(S(=O)(=O)N(C)C(=O)CC(=O)NS(=O)(=O)c2ccccc2)cc1. The van der Waals surface area contributed by atoms with Crippen molar-refractivity contribution in [1.29, 1.82) is 0 Å². The molecule has 0 aromatic heterocycles. The summed E-state index contributed by atoms with van der Waals surface area (Å²) in [6, 6.07) is 13.0. The van der Waals surface area contributed by atoms with Crippen molar-refractivity contribution >= 4 is 31.9 Å². The highest BCUT2D eigenvalue weighted by Gasteiger charge is 2.28. The Morgan fingerprint density at radius 3 is 2.00 bits per heavy atom. The Bertz CT molecular complexity index is 1050. The highest BCUT2D eigenvalue weighted by molar-refractivity contribution is 7.90. The number of rotatable bonds is 6. The lowest BCUT2D eigenvalue weighted by atomic mass is 10.2. The van der Waals surface area contributed by atoms with Crippen LogP contribution in [0.4, 0.5) is 0 Å². The maximum absolute atomic E-state index is 12.4. The predicted octanol–water partition coefficient (Wildman–Crippen LogP) is 1.04. The number of carbonyl (C=O) groups is 2. The minimum Gasteiger partial charge on any atom is -0.273 e. The summed E-state index contributed by atoms with van der Waals surface area (Å²) in [6.45, 7) is 1.78. The minimum atomic E-state index is -4.14. The summed E-state index contributed by atoms with van der Waals surface area (Å²) in [6.07, 6.45) is -0.937. The van der Waals surface area contributed by atoms with Gasteiger partial charge >= 0.3 is 0 Å². The van der Waals surface area contributed by atoms with Gasteiger partial charge in [0.15, 0.2) is 0 Å². The number of hydrogen-bond donors (Lipinski definition) is 1. The summed E-state index contributed by atoms with van der Waals surface area (Å²) >= 11 is 0. The summed E-state index contributed by atoms with van der Waals surface area (Å²) in [5.41, 5.74) is 0.841. The lowest BCUT2D eigenvalue weighted by Crippen LogP contribution is -2.38. The molecule has 2 rings (SSSR count). The summed E-state index contributed by atoms with van der Waals surface area (Å²) in [7, 11) is -7.27. The van der Waals surface area contributed by atoms with E-state index in [0.29, 0.717) is 4.31 Å². The van der Waals surface area contributed by atoms with Crippen molar-refractivity contribution in [2.24, 2.45) is 0 Å². The Hall–Kier alpha value is -2.72. The number of nitrogens with one attached hydrogen (secondary N) is 1. The second kappa shape index (κ2) is 7.89. The van der Waals surface area contributed by atoms with Crippen LogP contribution in [0.2, 0.25) is 0 Å². The molecule has 0 aliphatic heterocycles. The number of nitrogens with zero attached hydrogens (tertiary/aromatic N) is 1. The van der Waals surface area contributed by atoms with E-state index < -0.39 is 38.3 Å². The van der Waals surface area contributed by atoms with Crippen LogP contribution in [0.25, 0.3) is 0 Å². The normalized spacial score (nSPS) is 11.6. The Labute approximate surface area is 157 Å². The van der Waals surface area contributed by atoms with Crippen LogP contribution < -0.4 is 4.72 Å². The van der Waals surface area contributed by atoms with Crippen LogP contribution >= 0.6 is 0 Å². The molecule has 1 N–H and O–H groups in total. The maximum atomic E-state index is 12.4. The number of amides is 2. The highest BCUT2D eigenvalue weighted by Crippen LogP contribution is 2.16. The van der Waals surface area contributed by atoms with Gasteiger partial charge in [-0.3, -0.25) is 9.59 Å². The van der Waals surface area contributed by atoms with E-state index in [1.54, 1.807) is 29.8 Å². The topological polar surface area (TPSA) is 118 Å². The van der Waals surface area contributed by atoms with Crippen molar-refractivity contribution in [3.8, 4) is 0 Å². The number of aryl methyl sites for hydroxylation is 1. The standard InChI is InChI=1S/C17H18N2O6S2/c1-13-8-10-15(11-9-13)27(24,25)19(2)17(21)12-16(20)18-26(22,23)14-6-4-3-5-7-14/h3-11H,12H2,1-2H3,(H,18,20). The Balaban J connectivity index is 2.09. The zero-order valence-corrected chi connectivity index (χ0v) is 16.2. The molecule has 10 heteroatoms. The van der Waals surface area contributed by atoms with Crippen LogP contribution in [0.3, 0.4) is 0 Å². The third-order valence-electron chi connectivity index (χ3n) is 3.64. The molecule has 144 valence electrons. The fourth-order valence-corrected chi connectivity index (χ4v) is 4.23. The van der Waals surface area contributed by atoms with Crippen molar-refractivity contribution < 1.29 is 26.4 Å². The molecule has 27 heavy (non-hydrogen) atoms. The average molecular weight is 410 g/mol. The molecule has 2 aromatic carbocycles. The van der Waals surface area contributed by atoms with E-state index in [9.17, 15) is 26.4 Å². The van der Waals surface area contributed by atoms with E-state index in [-0.39, 0.29) is 9.79 Å². The summed E-state index contributed by atoms with van der Waals surface area (Å²) in [5, 5.41) is 0. The quantitative estimate of drug-likeness (QED) is 0.711. The summed E-state index contributed by atoms with van der Waals surface area (Å²) < 4.78 is 51.2. The zero-order valence-electron chi connectivity index (χ0n) is 14.6. The lowest BCUT2D eigenvalue weighted by molar-refractivity contribution is -0.131. The summed E-state index contributed by atoms with van der Waals surface area (Å²) in [4.78, 5) is 23.8. The highest BCUT2D eigenvalue weighted by atomic mass is 32.2. The van der Waals surface area contributed by atoms with Gasteiger partial charge in [0.05, 0.1) is 9.79 Å². The molecule has 0 unspecified atom stereocenters. The number of hydrogen-bond acceptors (Lipinski definition) is 6. The van der Waals surface area contributed by atoms with Crippen molar-refractivity contribution in [2.75, 3.05) is 7.05 Å². The van der Waals surface area contributed by atoms with Crippen LogP contribution in [-0.2, 0) is 29.6 Å². The van der Waals surface area contributed by atoms with Crippen LogP contribution in [-0.4, -0.2) is 40.0 Å². The Morgan fingerprint density at radius 2 is 1.44 bits per heavy atom. The molecule has 2 amide bonds. The largest absolute Gasteiger partial charge is 0.273 e. The molecule has 0 heterocycles. The zero-order chi connectivity index (χ0) is 20.2. The van der Waals surface area contributed by atoms with Gasteiger partial charge in [0, 0.05) is 7.05 Å². The fourth-order valence-electron chi connectivity index (χ4n) is 2.10. The number of carbonyl (C=O) groups excluding carboxylic acids is 2. The number of benzene rings is 2. The van der Waals surface area contributed by atoms with Crippen LogP contribution in [0.5, 0.6) is 0 Å². The molecular weight excluding hydrogens is 392 g/mol. The van der Waals surface area contributed by atoms with Gasteiger partial charge in [-0.25, -0.2) is 25.9 Å². The van der Waals surface area contributed by atoms with Gasteiger partial charge < -0.3 is 0 Å². The van der Waals surface area contributed by atoms with Gasteiger partial charge in [0.2, 0.25) is 11.8 Å². The van der Waals surface area contributed by atoms with Gasteiger partial charge in [0.25, 0.3) is 20.0 Å². The van der Waals surface area contributed by atoms with Crippen LogP contribution in [0, 0.1) is 6.92 Å². The van der Waals surface area contributed by atoms with Crippen molar-refractivity contribution in [3.63, 3.8) is 0 Å². The molecule has 0 bridgehead atoms. The molecule has 0 saturated carbocycles. The second-order valence-electron chi connectivity index (χ2n) is 5.70. The van der Waals surface area contributed by atoms with Gasteiger partial charge in [-0.2, -0.15) is 0 Å². The van der Waals surface area contributed by atoms with Crippen LogP contribution in [0.1, 0.15) is 12.0 Å². The second-order valence-corrected chi connectivity index (χ2v) is 9.35. The van der Waals surface area contributed by atoms with Gasteiger partial charge in [-0.1, -0.05) is 35.9 Å².